The minimum atomic E-state index is -0.0338. The van der Waals surface area contributed by atoms with Crippen molar-refractivity contribution in [2.75, 3.05) is 0 Å². The van der Waals surface area contributed by atoms with Crippen molar-refractivity contribution < 1.29 is 9.84 Å². The van der Waals surface area contributed by atoms with Crippen molar-refractivity contribution in [3.05, 3.63) is 58.0 Å². The van der Waals surface area contributed by atoms with Gasteiger partial charge >= 0.3 is 0 Å². The van der Waals surface area contributed by atoms with Gasteiger partial charge in [-0.05, 0) is 23.3 Å². The van der Waals surface area contributed by atoms with E-state index in [4.69, 9.17) is 4.74 Å². The molecule has 108 valence electrons. The highest BCUT2D eigenvalue weighted by Crippen LogP contribution is 2.28. The van der Waals surface area contributed by atoms with Gasteiger partial charge in [-0.15, -0.1) is 11.3 Å². The van der Waals surface area contributed by atoms with E-state index < -0.39 is 0 Å². The molecule has 2 aromatic carbocycles. The fourth-order valence-corrected chi connectivity index (χ4v) is 3.07. The second kappa shape index (κ2) is 6.24. The largest absolute Gasteiger partial charge is 0.487 e. The Morgan fingerprint density at radius 3 is 2.81 bits per heavy atom. The first kappa shape index (κ1) is 14.0. The summed E-state index contributed by atoms with van der Waals surface area (Å²) < 4.78 is 5.86. The summed E-state index contributed by atoms with van der Waals surface area (Å²) in [4.78, 5) is 4.49. The topological polar surface area (TPSA) is 42.4 Å². The maximum Gasteiger partial charge on any atom is 0.131 e. The highest BCUT2D eigenvalue weighted by Gasteiger charge is 2.09. The molecule has 0 fully saturated rings. The number of ether oxygens (including phenoxy) is 1. The van der Waals surface area contributed by atoms with Crippen molar-refractivity contribution >= 4 is 22.1 Å². The Bertz CT molecular complexity index is 751. The number of aryl methyl sites for hydroxylation is 1. The Kier molecular flexibility index (Phi) is 4.18. The third-order valence-electron chi connectivity index (χ3n) is 3.43. The van der Waals surface area contributed by atoms with E-state index in [1.807, 2.05) is 41.8 Å². The van der Waals surface area contributed by atoms with Crippen LogP contribution < -0.4 is 4.74 Å². The molecule has 0 radical (unpaired) electrons. The van der Waals surface area contributed by atoms with E-state index in [0.717, 1.165) is 39.2 Å². The summed E-state index contributed by atoms with van der Waals surface area (Å²) in [5.74, 6) is 0.724. The Morgan fingerprint density at radius 1 is 1.19 bits per heavy atom. The fourth-order valence-electron chi connectivity index (χ4n) is 2.34. The van der Waals surface area contributed by atoms with E-state index in [2.05, 4.69) is 11.9 Å². The normalized spacial score (nSPS) is 11.0. The molecule has 0 saturated heterocycles. The number of thiazole rings is 1. The summed E-state index contributed by atoms with van der Waals surface area (Å²) in [6.45, 7) is 2.49. The maximum absolute atomic E-state index is 9.66. The molecule has 0 atom stereocenters. The van der Waals surface area contributed by atoms with E-state index in [-0.39, 0.29) is 6.61 Å². The second-order valence-corrected chi connectivity index (χ2v) is 5.74. The molecule has 0 unspecified atom stereocenters. The summed E-state index contributed by atoms with van der Waals surface area (Å²) in [7, 11) is 0. The smallest absolute Gasteiger partial charge is 0.131 e. The Labute approximate surface area is 127 Å². The summed E-state index contributed by atoms with van der Waals surface area (Å²) in [5.41, 5.74) is 1.77. The minimum Gasteiger partial charge on any atom is -0.487 e. The predicted molar refractivity (Wildman–Crippen MR) is 85.7 cm³/mol. The van der Waals surface area contributed by atoms with Crippen LogP contribution in [0.15, 0.2) is 41.8 Å². The lowest BCUT2D eigenvalue weighted by molar-refractivity contribution is 0.259. The van der Waals surface area contributed by atoms with Gasteiger partial charge in [0.15, 0.2) is 0 Å². The number of aromatic nitrogens is 1. The van der Waals surface area contributed by atoms with Crippen LogP contribution in [0.4, 0.5) is 0 Å². The molecule has 1 aromatic heterocycles. The number of aliphatic hydroxyl groups excluding tert-OH is 1. The quantitative estimate of drug-likeness (QED) is 0.776. The van der Waals surface area contributed by atoms with Crippen LogP contribution in [0.3, 0.4) is 0 Å². The van der Waals surface area contributed by atoms with Crippen LogP contribution in [0.2, 0.25) is 0 Å². The summed E-state index contributed by atoms with van der Waals surface area (Å²) in [5, 5.41) is 14.9. The standard InChI is InChI=1S/C17H17NO2S/c1-2-17-18-13(11-21-17)10-20-16-8-7-12-5-3-4-6-14(12)15(16)9-19/h3-8,11,19H,2,9-10H2,1H3. The Morgan fingerprint density at radius 2 is 2.05 bits per heavy atom. The number of hydrogen-bond acceptors (Lipinski definition) is 4. The van der Waals surface area contributed by atoms with Crippen molar-refractivity contribution in [1.82, 2.24) is 4.98 Å². The monoisotopic (exact) mass is 299 g/mol. The van der Waals surface area contributed by atoms with Gasteiger partial charge in [0, 0.05) is 10.9 Å². The molecular weight excluding hydrogens is 282 g/mol. The number of hydrogen-bond donors (Lipinski definition) is 1. The van der Waals surface area contributed by atoms with E-state index in [1.54, 1.807) is 11.3 Å². The van der Waals surface area contributed by atoms with Crippen LogP contribution in [0, 0.1) is 0 Å². The zero-order valence-electron chi connectivity index (χ0n) is 11.9. The number of rotatable bonds is 5. The van der Waals surface area contributed by atoms with Gasteiger partial charge in [-0.25, -0.2) is 4.98 Å². The molecule has 3 nitrogen and oxygen atoms in total. The van der Waals surface area contributed by atoms with E-state index in [9.17, 15) is 5.11 Å². The van der Waals surface area contributed by atoms with Crippen LogP contribution in [-0.2, 0) is 19.6 Å². The average Bonchev–Trinajstić information content (AvgIpc) is 3.00. The van der Waals surface area contributed by atoms with Gasteiger partial charge < -0.3 is 9.84 Å². The number of nitrogens with zero attached hydrogens (tertiary/aromatic N) is 1. The lowest BCUT2D eigenvalue weighted by Crippen LogP contribution is -2.00. The highest BCUT2D eigenvalue weighted by molar-refractivity contribution is 7.09. The number of benzene rings is 2. The summed E-state index contributed by atoms with van der Waals surface area (Å²) in [6, 6.07) is 11.9. The molecule has 1 heterocycles. The van der Waals surface area contributed by atoms with E-state index in [1.165, 1.54) is 0 Å². The third-order valence-corrected chi connectivity index (χ3v) is 4.47. The summed E-state index contributed by atoms with van der Waals surface area (Å²) in [6.07, 6.45) is 0.947. The van der Waals surface area contributed by atoms with Gasteiger partial charge in [-0.1, -0.05) is 37.3 Å². The molecule has 0 saturated carbocycles. The van der Waals surface area contributed by atoms with Gasteiger partial charge in [0.05, 0.1) is 17.3 Å². The van der Waals surface area contributed by atoms with Crippen molar-refractivity contribution in [1.29, 1.82) is 0 Å². The van der Waals surface area contributed by atoms with Crippen molar-refractivity contribution in [3.63, 3.8) is 0 Å². The lowest BCUT2D eigenvalue weighted by Gasteiger charge is -2.12. The average molecular weight is 299 g/mol. The van der Waals surface area contributed by atoms with Gasteiger partial charge in [0.25, 0.3) is 0 Å². The van der Waals surface area contributed by atoms with E-state index in [0.29, 0.717) is 6.61 Å². The molecule has 1 N–H and O–H groups in total. The Hall–Kier alpha value is -1.91. The zero-order valence-corrected chi connectivity index (χ0v) is 12.7. The van der Waals surface area contributed by atoms with Crippen LogP contribution in [0.1, 0.15) is 23.2 Å². The highest BCUT2D eigenvalue weighted by atomic mass is 32.1. The molecule has 3 rings (SSSR count). The van der Waals surface area contributed by atoms with Crippen molar-refractivity contribution in [3.8, 4) is 5.75 Å². The lowest BCUT2D eigenvalue weighted by atomic mass is 10.0. The van der Waals surface area contributed by atoms with Gasteiger partial charge in [-0.2, -0.15) is 0 Å². The van der Waals surface area contributed by atoms with Crippen LogP contribution in [0.5, 0.6) is 5.75 Å². The fraction of sp³-hybridized carbons (Fsp3) is 0.235. The van der Waals surface area contributed by atoms with Gasteiger partial charge in [0.1, 0.15) is 12.4 Å². The van der Waals surface area contributed by atoms with Gasteiger partial charge in [0.2, 0.25) is 0 Å². The molecule has 0 aliphatic carbocycles. The first-order valence-corrected chi connectivity index (χ1v) is 7.87. The molecule has 0 amide bonds. The molecule has 4 heteroatoms. The van der Waals surface area contributed by atoms with Crippen molar-refractivity contribution in [2.45, 2.75) is 26.6 Å². The molecule has 0 bridgehead atoms. The molecule has 0 spiro atoms. The molecule has 3 aromatic rings. The molecule has 0 aliphatic rings. The molecular formula is C17H17NO2S. The first-order chi connectivity index (χ1) is 10.3. The van der Waals surface area contributed by atoms with Crippen molar-refractivity contribution in [2.24, 2.45) is 0 Å². The van der Waals surface area contributed by atoms with Crippen LogP contribution in [0.25, 0.3) is 10.8 Å². The van der Waals surface area contributed by atoms with E-state index >= 15 is 0 Å². The third kappa shape index (κ3) is 2.91. The second-order valence-electron chi connectivity index (χ2n) is 4.80. The SMILES string of the molecule is CCc1nc(COc2ccc3ccccc3c2CO)cs1. The van der Waals surface area contributed by atoms with Gasteiger partial charge in [-0.3, -0.25) is 0 Å². The Balaban J connectivity index is 1.86. The summed E-state index contributed by atoms with van der Waals surface area (Å²) >= 11 is 1.66. The maximum atomic E-state index is 9.66. The predicted octanol–water partition coefficient (Wildman–Crippen LogP) is 3.93. The van der Waals surface area contributed by atoms with Crippen LogP contribution in [-0.4, -0.2) is 10.1 Å². The molecule has 0 aliphatic heterocycles. The number of fused-ring (bicyclic) bond motifs is 1. The molecule has 21 heavy (non-hydrogen) atoms. The number of aliphatic hydroxyl groups is 1. The zero-order chi connectivity index (χ0) is 14.7. The minimum absolute atomic E-state index is 0.0338. The van der Waals surface area contributed by atoms with Crippen LogP contribution >= 0.6 is 11.3 Å². The first-order valence-electron chi connectivity index (χ1n) is 6.99.